The summed E-state index contributed by atoms with van der Waals surface area (Å²) < 4.78 is 11.5. The largest absolute Gasteiger partial charge is 0.385 e. The Hall–Kier alpha value is -1.60. The second-order valence-corrected chi connectivity index (χ2v) is 3.83. The first-order chi connectivity index (χ1) is 8.65. The van der Waals surface area contributed by atoms with Crippen molar-refractivity contribution in [1.82, 2.24) is 9.55 Å². The van der Waals surface area contributed by atoms with Gasteiger partial charge in [0.2, 0.25) is 0 Å². The Labute approximate surface area is 105 Å². The minimum atomic E-state index is -0.475. The number of ether oxygens (including phenoxy) is 2. The van der Waals surface area contributed by atoms with E-state index in [4.69, 9.17) is 15.2 Å². The molecule has 7 nitrogen and oxygen atoms in total. The highest BCUT2D eigenvalue weighted by Crippen LogP contribution is 1.98. The van der Waals surface area contributed by atoms with Gasteiger partial charge in [-0.25, -0.2) is 4.79 Å². The molecule has 0 aliphatic heterocycles. The minimum absolute atomic E-state index is 0.184. The molecule has 1 aromatic heterocycles. The summed E-state index contributed by atoms with van der Waals surface area (Å²) in [4.78, 5) is 24.6. The van der Waals surface area contributed by atoms with Crippen LogP contribution in [0.15, 0.2) is 15.7 Å². The fraction of sp³-hybridized carbons (Fsp3) is 0.636. The van der Waals surface area contributed by atoms with Crippen LogP contribution in [0, 0.1) is 0 Å². The van der Waals surface area contributed by atoms with Crippen molar-refractivity contribution < 1.29 is 9.47 Å². The monoisotopic (exact) mass is 257 g/mol. The second-order valence-electron chi connectivity index (χ2n) is 3.83. The first-order valence-corrected chi connectivity index (χ1v) is 5.81. The van der Waals surface area contributed by atoms with Crippen LogP contribution in [0.4, 0.5) is 5.82 Å². The zero-order chi connectivity index (χ0) is 13.4. The molecule has 18 heavy (non-hydrogen) atoms. The molecule has 1 rings (SSSR count). The molecule has 0 aliphatic rings. The van der Waals surface area contributed by atoms with Crippen molar-refractivity contribution in [2.24, 2.45) is 0 Å². The summed E-state index contributed by atoms with van der Waals surface area (Å²) in [6, 6.07) is 1.20. The van der Waals surface area contributed by atoms with Gasteiger partial charge in [-0.2, -0.15) is 0 Å². The van der Waals surface area contributed by atoms with Gasteiger partial charge in [0.05, 0.1) is 13.2 Å². The molecule has 0 fully saturated rings. The number of hydrogen-bond acceptors (Lipinski definition) is 5. The van der Waals surface area contributed by atoms with E-state index < -0.39 is 11.2 Å². The van der Waals surface area contributed by atoms with Gasteiger partial charge in [0.1, 0.15) is 5.82 Å². The summed E-state index contributed by atoms with van der Waals surface area (Å²) in [7, 11) is 1.62. The molecular formula is C11H19N3O4. The molecule has 0 saturated carbocycles. The average molecular weight is 257 g/mol. The highest BCUT2D eigenvalue weighted by atomic mass is 16.5. The molecule has 3 N–H and O–H groups in total. The lowest BCUT2D eigenvalue weighted by molar-refractivity contribution is 0.0684. The van der Waals surface area contributed by atoms with Crippen molar-refractivity contribution in [1.29, 1.82) is 0 Å². The van der Waals surface area contributed by atoms with E-state index in [0.717, 1.165) is 12.8 Å². The van der Waals surface area contributed by atoms with Crippen LogP contribution in [-0.4, -0.2) is 36.5 Å². The lowest BCUT2D eigenvalue weighted by Gasteiger charge is -2.08. The molecule has 0 radical (unpaired) electrons. The predicted molar refractivity (Wildman–Crippen MR) is 67.7 cm³/mol. The molecule has 0 aromatic carbocycles. The molecule has 0 unspecified atom stereocenters. The van der Waals surface area contributed by atoms with Crippen molar-refractivity contribution in [3.8, 4) is 0 Å². The van der Waals surface area contributed by atoms with Crippen LogP contribution >= 0.6 is 0 Å². The van der Waals surface area contributed by atoms with Crippen LogP contribution in [0.2, 0.25) is 0 Å². The molecule has 0 atom stereocenters. The maximum absolute atomic E-state index is 11.4. The van der Waals surface area contributed by atoms with Gasteiger partial charge in [-0.1, -0.05) is 0 Å². The maximum atomic E-state index is 11.4. The molecule has 102 valence electrons. The Balaban J connectivity index is 2.32. The number of rotatable bonds is 8. The summed E-state index contributed by atoms with van der Waals surface area (Å²) in [5.41, 5.74) is 4.65. The van der Waals surface area contributed by atoms with Crippen LogP contribution in [0.25, 0.3) is 0 Å². The van der Waals surface area contributed by atoms with Gasteiger partial charge in [0, 0.05) is 26.3 Å². The Morgan fingerprint density at radius 1 is 1.28 bits per heavy atom. The Kier molecular flexibility index (Phi) is 6.16. The molecule has 0 amide bonds. The van der Waals surface area contributed by atoms with Crippen molar-refractivity contribution in [2.45, 2.75) is 19.4 Å². The van der Waals surface area contributed by atoms with Gasteiger partial charge in [-0.05, 0) is 12.8 Å². The Morgan fingerprint density at radius 2 is 2.06 bits per heavy atom. The fourth-order valence-corrected chi connectivity index (χ4v) is 1.49. The van der Waals surface area contributed by atoms with Gasteiger partial charge in [-0.3, -0.25) is 14.3 Å². The Morgan fingerprint density at radius 3 is 2.72 bits per heavy atom. The molecule has 0 spiro atoms. The van der Waals surface area contributed by atoms with Crippen LogP contribution in [0.1, 0.15) is 12.8 Å². The number of anilines is 1. The first kappa shape index (κ1) is 14.5. The zero-order valence-corrected chi connectivity index (χ0v) is 10.5. The smallest absolute Gasteiger partial charge is 0.329 e. The number of nitrogens with two attached hydrogens (primary N) is 1. The first-order valence-electron chi connectivity index (χ1n) is 5.81. The molecule has 1 heterocycles. The van der Waals surface area contributed by atoms with Gasteiger partial charge >= 0.3 is 5.69 Å². The van der Waals surface area contributed by atoms with Crippen LogP contribution in [0.3, 0.4) is 0 Å². The number of methoxy groups -OCH3 is 1. The molecule has 1 aromatic rings. The lowest BCUT2D eigenvalue weighted by atomic mass is 10.3. The maximum Gasteiger partial charge on any atom is 0.329 e. The highest BCUT2D eigenvalue weighted by molar-refractivity contribution is 5.25. The van der Waals surface area contributed by atoms with Gasteiger partial charge in [0.25, 0.3) is 5.56 Å². The summed E-state index contributed by atoms with van der Waals surface area (Å²) in [6.45, 7) is 2.22. The number of nitrogen functional groups attached to an aromatic ring is 1. The van der Waals surface area contributed by atoms with Crippen LogP contribution in [0.5, 0.6) is 0 Å². The van der Waals surface area contributed by atoms with E-state index in [1.54, 1.807) is 7.11 Å². The minimum Gasteiger partial charge on any atom is -0.385 e. The third-order valence-electron chi connectivity index (χ3n) is 2.42. The normalized spacial score (nSPS) is 10.7. The van der Waals surface area contributed by atoms with Crippen molar-refractivity contribution in [3.05, 3.63) is 26.9 Å². The van der Waals surface area contributed by atoms with Crippen LogP contribution < -0.4 is 17.0 Å². The SMILES string of the molecule is COCCOCCCCn1c(N)cc(=O)[nH]c1=O. The number of nitrogens with one attached hydrogen (secondary N) is 1. The summed E-state index contributed by atoms with van der Waals surface area (Å²) in [5.74, 6) is 0.184. The Bertz CT molecular complexity index is 466. The van der Waals surface area contributed by atoms with E-state index in [2.05, 4.69) is 4.98 Å². The molecule has 0 saturated heterocycles. The van der Waals surface area contributed by atoms with Crippen molar-refractivity contribution in [3.63, 3.8) is 0 Å². The lowest BCUT2D eigenvalue weighted by Crippen LogP contribution is -2.31. The van der Waals surface area contributed by atoms with E-state index in [-0.39, 0.29) is 5.82 Å². The second kappa shape index (κ2) is 7.67. The van der Waals surface area contributed by atoms with E-state index in [1.165, 1.54) is 10.6 Å². The third kappa shape index (κ3) is 4.72. The topological polar surface area (TPSA) is 99.3 Å². The highest BCUT2D eigenvalue weighted by Gasteiger charge is 2.02. The number of aromatic nitrogens is 2. The molecular weight excluding hydrogens is 238 g/mol. The zero-order valence-electron chi connectivity index (χ0n) is 10.5. The summed E-state index contributed by atoms with van der Waals surface area (Å²) >= 11 is 0. The molecule has 0 aliphatic carbocycles. The number of aromatic amines is 1. The van der Waals surface area contributed by atoms with Gasteiger partial charge < -0.3 is 15.2 Å². The predicted octanol–water partition coefficient (Wildman–Crippen LogP) is -0.438. The van der Waals surface area contributed by atoms with Gasteiger partial charge in [0.15, 0.2) is 0 Å². The summed E-state index contributed by atoms with van der Waals surface area (Å²) in [6.07, 6.45) is 1.57. The summed E-state index contributed by atoms with van der Waals surface area (Å²) in [5, 5.41) is 0. The van der Waals surface area contributed by atoms with E-state index in [1.807, 2.05) is 0 Å². The molecule has 0 bridgehead atoms. The van der Waals surface area contributed by atoms with Gasteiger partial charge in [-0.15, -0.1) is 0 Å². The standard InChI is InChI=1S/C11H19N3O4/c1-17-6-7-18-5-3-2-4-14-9(12)8-10(15)13-11(14)16/h8H,2-7,12H2,1H3,(H,13,15,16). The molecule has 7 heteroatoms. The number of nitrogens with zero attached hydrogens (tertiary/aromatic N) is 1. The fourth-order valence-electron chi connectivity index (χ4n) is 1.49. The number of H-pyrrole nitrogens is 1. The quantitative estimate of drug-likeness (QED) is 0.615. The van der Waals surface area contributed by atoms with E-state index in [0.29, 0.717) is 26.4 Å². The number of hydrogen-bond donors (Lipinski definition) is 2. The van der Waals surface area contributed by atoms with Crippen molar-refractivity contribution in [2.75, 3.05) is 32.7 Å². The third-order valence-corrected chi connectivity index (χ3v) is 2.42. The van der Waals surface area contributed by atoms with Crippen molar-refractivity contribution >= 4 is 5.82 Å². The van der Waals surface area contributed by atoms with E-state index in [9.17, 15) is 9.59 Å². The number of unbranched alkanes of at least 4 members (excludes halogenated alkanes) is 1. The average Bonchev–Trinajstić information content (AvgIpc) is 2.30. The van der Waals surface area contributed by atoms with Crippen LogP contribution in [-0.2, 0) is 16.0 Å². The van der Waals surface area contributed by atoms with E-state index >= 15 is 0 Å².